The third-order valence-electron chi connectivity index (χ3n) is 4.72. The van der Waals surface area contributed by atoms with Crippen LogP contribution in [0.15, 0.2) is 36.4 Å². The standard InChI is InChI=1S/C19H21F3N2O/c1-4-12-9-13-7-5-6-8-14(13)15(10-12)17(19(20,21)22)24-18(2,3)11-16(25)23-24/h5-10,17H,4,11H2,1-3H3,(H,23,25)/t17-/m0/s1. The zero-order valence-electron chi connectivity index (χ0n) is 14.4. The van der Waals surface area contributed by atoms with Crippen LogP contribution in [0.2, 0.25) is 0 Å². The molecule has 0 aromatic heterocycles. The number of amides is 1. The highest BCUT2D eigenvalue weighted by molar-refractivity contribution is 5.87. The summed E-state index contributed by atoms with van der Waals surface area (Å²) in [5.74, 6) is -0.393. The highest BCUT2D eigenvalue weighted by atomic mass is 19.4. The number of halogens is 3. The molecule has 134 valence electrons. The number of nitrogens with zero attached hydrogens (tertiary/aromatic N) is 1. The lowest BCUT2D eigenvalue weighted by molar-refractivity contribution is -0.203. The summed E-state index contributed by atoms with van der Waals surface area (Å²) in [6.07, 6.45) is -3.85. The van der Waals surface area contributed by atoms with Crippen molar-refractivity contribution in [2.24, 2.45) is 0 Å². The van der Waals surface area contributed by atoms with Crippen molar-refractivity contribution in [3.8, 4) is 0 Å². The monoisotopic (exact) mass is 350 g/mol. The molecule has 1 fully saturated rings. The van der Waals surface area contributed by atoms with E-state index < -0.39 is 23.7 Å². The molecule has 1 N–H and O–H groups in total. The summed E-state index contributed by atoms with van der Waals surface area (Å²) in [7, 11) is 0. The molecular weight excluding hydrogens is 329 g/mol. The number of fused-ring (bicyclic) bond motifs is 1. The number of rotatable bonds is 3. The number of aryl methyl sites for hydroxylation is 1. The van der Waals surface area contributed by atoms with Crippen molar-refractivity contribution < 1.29 is 18.0 Å². The lowest BCUT2D eigenvalue weighted by Crippen LogP contribution is -2.51. The minimum atomic E-state index is -4.52. The van der Waals surface area contributed by atoms with Crippen LogP contribution in [0.5, 0.6) is 0 Å². The number of carbonyl (C=O) groups excluding carboxylic acids is 1. The zero-order chi connectivity index (χ0) is 18.4. The SMILES string of the molecule is CCc1cc([C@H](N2NC(=O)CC2(C)C)C(F)(F)F)c2ccccc2c1. The van der Waals surface area contributed by atoms with Gasteiger partial charge in [-0.05, 0) is 42.2 Å². The van der Waals surface area contributed by atoms with Gasteiger partial charge < -0.3 is 0 Å². The van der Waals surface area contributed by atoms with E-state index in [-0.39, 0.29) is 12.0 Å². The maximum atomic E-state index is 14.1. The van der Waals surface area contributed by atoms with Gasteiger partial charge in [0.2, 0.25) is 5.91 Å². The zero-order valence-corrected chi connectivity index (χ0v) is 14.4. The first-order chi connectivity index (χ1) is 11.6. The molecule has 3 nitrogen and oxygen atoms in total. The Kier molecular flexibility index (Phi) is 4.27. The van der Waals surface area contributed by atoms with Crippen LogP contribution in [0.1, 0.15) is 44.4 Å². The smallest absolute Gasteiger partial charge is 0.287 e. The third-order valence-corrected chi connectivity index (χ3v) is 4.72. The van der Waals surface area contributed by atoms with Crippen LogP contribution in [-0.2, 0) is 11.2 Å². The van der Waals surface area contributed by atoms with Gasteiger partial charge in [-0.25, -0.2) is 0 Å². The quantitative estimate of drug-likeness (QED) is 0.883. The Bertz CT molecular complexity index is 814. The van der Waals surface area contributed by atoms with Gasteiger partial charge >= 0.3 is 6.18 Å². The number of hydrogen-bond donors (Lipinski definition) is 1. The highest BCUT2D eigenvalue weighted by Crippen LogP contribution is 2.45. The maximum absolute atomic E-state index is 14.1. The highest BCUT2D eigenvalue weighted by Gasteiger charge is 2.53. The maximum Gasteiger partial charge on any atom is 0.409 e. The van der Waals surface area contributed by atoms with Crippen molar-refractivity contribution in [1.29, 1.82) is 0 Å². The number of benzene rings is 2. The summed E-state index contributed by atoms with van der Waals surface area (Å²) in [5.41, 5.74) is 2.51. The summed E-state index contributed by atoms with van der Waals surface area (Å²) in [6, 6.07) is 8.70. The predicted molar refractivity (Wildman–Crippen MR) is 90.8 cm³/mol. The first-order valence-corrected chi connectivity index (χ1v) is 8.30. The molecule has 0 spiro atoms. The van der Waals surface area contributed by atoms with Crippen molar-refractivity contribution >= 4 is 16.7 Å². The van der Waals surface area contributed by atoms with Crippen molar-refractivity contribution in [2.75, 3.05) is 0 Å². The molecule has 0 radical (unpaired) electrons. The lowest BCUT2D eigenvalue weighted by Gasteiger charge is -2.38. The van der Waals surface area contributed by atoms with Crippen LogP contribution in [0, 0.1) is 0 Å². The fraction of sp³-hybridized carbons (Fsp3) is 0.421. The van der Waals surface area contributed by atoms with Gasteiger partial charge in [-0.3, -0.25) is 10.2 Å². The van der Waals surface area contributed by atoms with Crippen LogP contribution >= 0.6 is 0 Å². The Labute approximate surface area is 144 Å². The first kappa shape index (κ1) is 17.7. The second kappa shape index (κ2) is 6.02. The average Bonchev–Trinajstić information content (AvgIpc) is 2.78. The molecule has 3 rings (SSSR count). The number of nitrogens with one attached hydrogen (secondary N) is 1. The van der Waals surface area contributed by atoms with E-state index in [0.717, 1.165) is 16.0 Å². The Balaban J connectivity index is 2.25. The molecule has 1 atom stereocenters. The largest absolute Gasteiger partial charge is 0.409 e. The molecule has 1 saturated heterocycles. The van der Waals surface area contributed by atoms with Gasteiger partial charge in [0.1, 0.15) is 0 Å². The first-order valence-electron chi connectivity index (χ1n) is 8.30. The summed E-state index contributed by atoms with van der Waals surface area (Å²) >= 11 is 0. The lowest BCUT2D eigenvalue weighted by atomic mass is 9.91. The molecule has 1 aliphatic rings. The number of hydrazine groups is 1. The molecule has 0 saturated carbocycles. The van der Waals surface area contributed by atoms with Gasteiger partial charge in [0, 0.05) is 12.0 Å². The van der Waals surface area contributed by atoms with Gasteiger partial charge in [0.25, 0.3) is 0 Å². The molecule has 2 aromatic rings. The van der Waals surface area contributed by atoms with E-state index in [9.17, 15) is 18.0 Å². The molecule has 0 bridgehead atoms. The van der Waals surface area contributed by atoms with E-state index in [0.29, 0.717) is 11.8 Å². The van der Waals surface area contributed by atoms with Crippen LogP contribution in [-0.4, -0.2) is 22.6 Å². The van der Waals surface area contributed by atoms with Crippen LogP contribution in [0.3, 0.4) is 0 Å². The molecular formula is C19H21F3N2O. The van der Waals surface area contributed by atoms with Gasteiger partial charge in [-0.1, -0.05) is 43.3 Å². The Hall–Kier alpha value is -2.08. The topological polar surface area (TPSA) is 32.3 Å². The van der Waals surface area contributed by atoms with E-state index in [4.69, 9.17) is 0 Å². The van der Waals surface area contributed by atoms with Crippen molar-refractivity contribution in [2.45, 2.75) is 51.4 Å². The van der Waals surface area contributed by atoms with Crippen LogP contribution < -0.4 is 5.43 Å². The van der Waals surface area contributed by atoms with Crippen molar-refractivity contribution in [3.05, 3.63) is 47.5 Å². The molecule has 1 aliphatic heterocycles. The van der Waals surface area contributed by atoms with E-state index in [2.05, 4.69) is 5.43 Å². The molecule has 0 aliphatic carbocycles. The van der Waals surface area contributed by atoms with E-state index >= 15 is 0 Å². The van der Waals surface area contributed by atoms with Crippen molar-refractivity contribution in [1.82, 2.24) is 10.4 Å². The summed E-state index contributed by atoms with van der Waals surface area (Å²) in [5, 5.41) is 2.39. The summed E-state index contributed by atoms with van der Waals surface area (Å²) in [6.45, 7) is 5.21. The number of alkyl halides is 3. The molecule has 1 amide bonds. The van der Waals surface area contributed by atoms with E-state index in [1.807, 2.05) is 25.1 Å². The number of carbonyl (C=O) groups is 1. The normalized spacial score (nSPS) is 19.2. The molecule has 0 unspecified atom stereocenters. The summed E-state index contributed by atoms with van der Waals surface area (Å²) < 4.78 is 42.3. The molecule has 2 aromatic carbocycles. The van der Waals surface area contributed by atoms with Gasteiger partial charge in [-0.2, -0.15) is 18.2 Å². The second-order valence-electron chi connectivity index (χ2n) is 7.10. The fourth-order valence-corrected chi connectivity index (χ4v) is 3.51. The minimum absolute atomic E-state index is 0.0327. The third kappa shape index (κ3) is 3.23. The molecule has 6 heteroatoms. The minimum Gasteiger partial charge on any atom is -0.287 e. The van der Waals surface area contributed by atoms with Crippen molar-refractivity contribution in [3.63, 3.8) is 0 Å². The van der Waals surface area contributed by atoms with Gasteiger partial charge in [0.05, 0.1) is 0 Å². The Morgan fingerprint density at radius 2 is 1.92 bits per heavy atom. The van der Waals surface area contributed by atoms with Gasteiger partial charge in [-0.15, -0.1) is 0 Å². The molecule has 1 heterocycles. The summed E-state index contributed by atoms with van der Waals surface area (Å²) in [4.78, 5) is 11.8. The number of hydrogen-bond acceptors (Lipinski definition) is 2. The molecule has 25 heavy (non-hydrogen) atoms. The van der Waals surface area contributed by atoms with E-state index in [1.54, 1.807) is 32.0 Å². The predicted octanol–water partition coefficient (Wildman–Crippen LogP) is 4.52. The van der Waals surface area contributed by atoms with Gasteiger partial charge in [0.15, 0.2) is 6.04 Å². The average molecular weight is 350 g/mol. The fourth-order valence-electron chi connectivity index (χ4n) is 3.51. The Morgan fingerprint density at radius 1 is 1.24 bits per heavy atom. The Morgan fingerprint density at radius 3 is 2.48 bits per heavy atom. The van der Waals surface area contributed by atoms with Crippen LogP contribution in [0.25, 0.3) is 10.8 Å². The second-order valence-corrected chi connectivity index (χ2v) is 7.10. The van der Waals surface area contributed by atoms with E-state index in [1.165, 1.54) is 0 Å². The van der Waals surface area contributed by atoms with Crippen LogP contribution in [0.4, 0.5) is 13.2 Å².